The second-order valence-corrected chi connectivity index (χ2v) is 7.38. The van der Waals surface area contributed by atoms with E-state index in [0.29, 0.717) is 38.3 Å². The zero-order valence-corrected chi connectivity index (χ0v) is 17.6. The molecule has 3 rings (SSSR count). The first kappa shape index (κ1) is 23.5. The normalized spacial score (nSPS) is 16.2. The number of piperazine rings is 1. The number of benzene rings is 2. The standard InChI is InChI=1S/C22H27F3N2O.ClH/c1-16-12-19(20(14-22(23,24)25)27-10-8-26-9-11-27)13-17(2)21(16)28-15-18-6-4-3-5-7-18;/h3-7,12-13,20,26H,8-11,14-15H2,1-2H3;1H/t20-;/m1./s1. The predicted octanol–water partition coefficient (Wildman–Crippen LogP) is 5.20. The third-order valence-electron chi connectivity index (χ3n) is 5.11. The van der Waals surface area contributed by atoms with Gasteiger partial charge in [0, 0.05) is 32.2 Å². The minimum Gasteiger partial charge on any atom is -0.488 e. The lowest BCUT2D eigenvalue weighted by Crippen LogP contribution is -2.46. The molecular formula is C22H28ClF3N2O. The number of rotatable bonds is 6. The summed E-state index contributed by atoms with van der Waals surface area (Å²) in [5, 5.41) is 3.21. The first-order valence-electron chi connectivity index (χ1n) is 9.63. The minimum absolute atomic E-state index is 0. The molecule has 1 N–H and O–H groups in total. The molecular weight excluding hydrogens is 401 g/mol. The van der Waals surface area contributed by atoms with Crippen LogP contribution in [0.1, 0.15) is 34.7 Å². The summed E-state index contributed by atoms with van der Waals surface area (Å²) in [5.74, 6) is 0.749. The Hall–Kier alpha value is -1.76. The Bertz CT molecular complexity index is 754. The lowest BCUT2D eigenvalue weighted by atomic mass is 9.96. The Morgan fingerprint density at radius 2 is 1.62 bits per heavy atom. The summed E-state index contributed by atoms with van der Waals surface area (Å²) >= 11 is 0. The molecule has 1 aliphatic rings. The van der Waals surface area contributed by atoms with E-state index in [1.807, 2.05) is 61.2 Å². The smallest absolute Gasteiger partial charge is 0.390 e. The fourth-order valence-electron chi connectivity index (χ4n) is 3.80. The predicted molar refractivity (Wildman–Crippen MR) is 112 cm³/mol. The fourth-order valence-corrected chi connectivity index (χ4v) is 3.80. The van der Waals surface area contributed by atoms with Crippen molar-refractivity contribution in [3.05, 3.63) is 64.7 Å². The number of halogens is 4. The SMILES string of the molecule is Cc1cc([C@@H](CC(F)(F)F)N2CCNCC2)cc(C)c1OCc1ccccc1.Cl. The van der Waals surface area contributed by atoms with E-state index in [9.17, 15) is 13.2 Å². The van der Waals surface area contributed by atoms with Crippen LogP contribution >= 0.6 is 12.4 Å². The van der Waals surface area contributed by atoms with Crippen LogP contribution in [0.5, 0.6) is 5.75 Å². The van der Waals surface area contributed by atoms with Gasteiger partial charge in [-0.05, 0) is 36.1 Å². The van der Waals surface area contributed by atoms with E-state index >= 15 is 0 Å². The van der Waals surface area contributed by atoms with Gasteiger partial charge in [0.25, 0.3) is 0 Å². The molecule has 0 bridgehead atoms. The van der Waals surface area contributed by atoms with Crippen LogP contribution in [0.3, 0.4) is 0 Å². The Labute approximate surface area is 176 Å². The largest absolute Gasteiger partial charge is 0.488 e. The van der Waals surface area contributed by atoms with Gasteiger partial charge in [-0.15, -0.1) is 12.4 Å². The molecule has 7 heteroatoms. The van der Waals surface area contributed by atoms with Crippen molar-refractivity contribution in [3.63, 3.8) is 0 Å². The Morgan fingerprint density at radius 3 is 2.17 bits per heavy atom. The Balaban J connectivity index is 0.00000300. The highest BCUT2D eigenvalue weighted by Crippen LogP contribution is 2.37. The lowest BCUT2D eigenvalue weighted by molar-refractivity contribution is -0.148. The zero-order chi connectivity index (χ0) is 20.1. The molecule has 0 radical (unpaired) electrons. The quantitative estimate of drug-likeness (QED) is 0.684. The van der Waals surface area contributed by atoms with Crippen molar-refractivity contribution in [2.24, 2.45) is 0 Å². The molecule has 2 aromatic rings. The van der Waals surface area contributed by atoms with Gasteiger partial charge in [-0.25, -0.2) is 0 Å². The van der Waals surface area contributed by atoms with Gasteiger partial charge >= 0.3 is 6.18 Å². The van der Waals surface area contributed by atoms with Gasteiger partial charge in [-0.1, -0.05) is 42.5 Å². The van der Waals surface area contributed by atoms with E-state index in [-0.39, 0.29) is 12.4 Å². The Morgan fingerprint density at radius 1 is 1.03 bits per heavy atom. The highest BCUT2D eigenvalue weighted by atomic mass is 35.5. The molecule has 2 aromatic carbocycles. The molecule has 0 spiro atoms. The molecule has 1 saturated heterocycles. The summed E-state index contributed by atoms with van der Waals surface area (Å²) in [4.78, 5) is 1.93. The molecule has 1 heterocycles. The monoisotopic (exact) mass is 428 g/mol. The molecule has 1 fully saturated rings. The number of aryl methyl sites for hydroxylation is 2. The van der Waals surface area contributed by atoms with Crippen LogP contribution in [0, 0.1) is 13.8 Å². The van der Waals surface area contributed by atoms with E-state index < -0.39 is 18.6 Å². The lowest BCUT2D eigenvalue weighted by Gasteiger charge is -2.36. The Kier molecular flexibility index (Phi) is 8.37. The van der Waals surface area contributed by atoms with Crippen LogP contribution in [0.25, 0.3) is 0 Å². The fraction of sp³-hybridized carbons (Fsp3) is 0.455. The maximum Gasteiger partial charge on any atom is 0.390 e. The minimum atomic E-state index is -4.21. The number of nitrogens with zero attached hydrogens (tertiary/aromatic N) is 1. The summed E-state index contributed by atoms with van der Waals surface area (Å²) in [5.41, 5.74) is 3.50. The molecule has 1 atom stereocenters. The maximum atomic E-state index is 13.3. The number of hydrogen-bond donors (Lipinski definition) is 1. The van der Waals surface area contributed by atoms with Crippen molar-refractivity contribution in [2.75, 3.05) is 26.2 Å². The highest BCUT2D eigenvalue weighted by molar-refractivity contribution is 5.85. The summed E-state index contributed by atoms with van der Waals surface area (Å²) < 4.78 is 45.8. The van der Waals surface area contributed by atoms with Crippen LogP contribution in [0.2, 0.25) is 0 Å². The van der Waals surface area contributed by atoms with E-state index in [1.54, 1.807) is 0 Å². The first-order valence-corrected chi connectivity index (χ1v) is 9.63. The molecule has 29 heavy (non-hydrogen) atoms. The van der Waals surface area contributed by atoms with E-state index in [1.165, 1.54) is 0 Å². The van der Waals surface area contributed by atoms with Crippen molar-refractivity contribution < 1.29 is 17.9 Å². The molecule has 0 aliphatic carbocycles. The molecule has 0 unspecified atom stereocenters. The van der Waals surface area contributed by atoms with Gasteiger partial charge in [0.05, 0.1) is 6.42 Å². The topological polar surface area (TPSA) is 24.5 Å². The molecule has 160 valence electrons. The van der Waals surface area contributed by atoms with Gasteiger partial charge < -0.3 is 10.1 Å². The maximum absolute atomic E-state index is 13.3. The van der Waals surface area contributed by atoms with Gasteiger partial charge in [0.2, 0.25) is 0 Å². The van der Waals surface area contributed by atoms with Crippen molar-refractivity contribution in [2.45, 2.75) is 39.1 Å². The van der Waals surface area contributed by atoms with Crippen molar-refractivity contribution in [1.82, 2.24) is 10.2 Å². The molecule has 0 saturated carbocycles. The van der Waals surface area contributed by atoms with Crippen LogP contribution in [-0.2, 0) is 6.61 Å². The number of alkyl halides is 3. The number of ether oxygens (including phenoxy) is 1. The average Bonchev–Trinajstić information content (AvgIpc) is 2.66. The van der Waals surface area contributed by atoms with Crippen LogP contribution in [-0.4, -0.2) is 37.3 Å². The van der Waals surface area contributed by atoms with E-state index in [0.717, 1.165) is 22.4 Å². The van der Waals surface area contributed by atoms with Crippen molar-refractivity contribution in [3.8, 4) is 5.75 Å². The number of hydrogen-bond acceptors (Lipinski definition) is 3. The molecule has 0 amide bonds. The summed E-state index contributed by atoms with van der Waals surface area (Å²) in [6, 6.07) is 12.9. The van der Waals surface area contributed by atoms with Gasteiger partial charge in [0.1, 0.15) is 12.4 Å². The number of nitrogens with one attached hydrogen (secondary N) is 1. The van der Waals surface area contributed by atoms with Crippen molar-refractivity contribution in [1.29, 1.82) is 0 Å². The molecule has 3 nitrogen and oxygen atoms in total. The van der Waals surface area contributed by atoms with Gasteiger partial charge in [-0.3, -0.25) is 4.90 Å². The second kappa shape index (κ2) is 10.3. The van der Waals surface area contributed by atoms with Crippen LogP contribution in [0.15, 0.2) is 42.5 Å². The average molecular weight is 429 g/mol. The summed E-state index contributed by atoms with van der Waals surface area (Å²) in [6.45, 7) is 6.90. The summed E-state index contributed by atoms with van der Waals surface area (Å²) in [7, 11) is 0. The van der Waals surface area contributed by atoms with Crippen LogP contribution < -0.4 is 10.1 Å². The highest BCUT2D eigenvalue weighted by Gasteiger charge is 2.36. The van der Waals surface area contributed by atoms with E-state index in [2.05, 4.69) is 5.32 Å². The summed E-state index contributed by atoms with van der Waals surface area (Å²) in [6.07, 6.45) is -5.05. The van der Waals surface area contributed by atoms with Gasteiger partial charge in [-0.2, -0.15) is 13.2 Å². The van der Waals surface area contributed by atoms with Crippen molar-refractivity contribution >= 4 is 12.4 Å². The molecule has 1 aliphatic heterocycles. The van der Waals surface area contributed by atoms with E-state index in [4.69, 9.17) is 4.74 Å². The third kappa shape index (κ3) is 6.63. The first-order chi connectivity index (χ1) is 13.3. The van der Waals surface area contributed by atoms with Crippen LogP contribution in [0.4, 0.5) is 13.2 Å². The zero-order valence-electron chi connectivity index (χ0n) is 16.8. The molecule has 0 aromatic heterocycles. The third-order valence-corrected chi connectivity index (χ3v) is 5.11. The van der Waals surface area contributed by atoms with Gasteiger partial charge in [0.15, 0.2) is 0 Å². The second-order valence-electron chi connectivity index (χ2n) is 7.38.